The largest absolute Gasteiger partial charge is 0.397 e. The van der Waals surface area contributed by atoms with Crippen LogP contribution in [0.1, 0.15) is 12.0 Å². The van der Waals surface area contributed by atoms with Gasteiger partial charge in [0.2, 0.25) is 0 Å². The quantitative estimate of drug-likeness (QED) is 0.600. The van der Waals surface area contributed by atoms with Crippen molar-refractivity contribution in [3.8, 4) is 0 Å². The van der Waals surface area contributed by atoms with Crippen molar-refractivity contribution < 1.29 is 4.74 Å². The Morgan fingerprint density at radius 3 is 3.00 bits per heavy atom. The lowest BCUT2D eigenvalue weighted by molar-refractivity contribution is 0.200. The molecule has 0 unspecified atom stereocenters. The molecule has 0 bridgehead atoms. The summed E-state index contributed by atoms with van der Waals surface area (Å²) < 4.78 is 4.97. The molecule has 1 aromatic heterocycles. The molecule has 0 spiro atoms. The van der Waals surface area contributed by atoms with Crippen LogP contribution in [0.15, 0.2) is 17.3 Å². The third-order valence-corrected chi connectivity index (χ3v) is 2.88. The normalized spacial score (nSPS) is 10.4. The average Bonchev–Trinajstić information content (AvgIpc) is 2.18. The van der Waals surface area contributed by atoms with Crippen LogP contribution < -0.4 is 5.73 Å². The molecule has 1 rings (SSSR count). The number of nitrogens with two attached hydrogens (primary N) is 1. The number of hydrogen-bond donors (Lipinski definition) is 1. The highest BCUT2D eigenvalue weighted by molar-refractivity contribution is 7.99. The fraction of sp³-hybridized carbons (Fsp3) is 0.500. The fourth-order valence-electron chi connectivity index (χ4n) is 1.000. The zero-order chi connectivity index (χ0) is 10.4. The maximum Gasteiger partial charge on any atom is 0.0964 e. The molecule has 0 aliphatic heterocycles. The Morgan fingerprint density at radius 2 is 2.36 bits per heavy atom. The first kappa shape index (κ1) is 11.3. The molecule has 1 aromatic rings. The summed E-state index contributed by atoms with van der Waals surface area (Å²) in [6.45, 7) is 2.80. The number of anilines is 1. The summed E-state index contributed by atoms with van der Waals surface area (Å²) in [5.74, 6) is 1.03. The lowest BCUT2D eigenvalue weighted by atomic mass is 10.3. The van der Waals surface area contributed by atoms with Crippen molar-refractivity contribution in [2.24, 2.45) is 0 Å². The standard InChI is InChI=1S/C10H16N2OS/c1-8-6-10(12-7-9(8)11)14-5-3-4-13-2/h6-7H,3-5,11H2,1-2H3. The summed E-state index contributed by atoms with van der Waals surface area (Å²) >= 11 is 1.74. The van der Waals surface area contributed by atoms with Gasteiger partial charge < -0.3 is 10.5 Å². The molecule has 0 aromatic carbocycles. The summed E-state index contributed by atoms with van der Waals surface area (Å²) in [4.78, 5) is 4.23. The minimum absolute atomic E-state index is 0.756. The van der Waals surface area contributed by atoms with Crippen molar-refractivity contribution in [1.29, 1.82) is 0 Å². The van der Waals surface area contributed by atoms with E-state index in [-0.39, 0.29) is 0 Å². The lowest BCUT2D eigenvalue weighted by Gasteiger charge is -2.03. The second kappa shape index (κ2) is 5.88. The van der Waals surface area contributed by atoms with Crippen LogP contribution in [-0.4, -0.2) is 24.5 Å². The van der Waals surface area contributed by atoms with Gasteiger partial charge in [-0.2, -0.15) is 0 Å². The van der Waals surface area contributed by atoms with Crippen LogP contribution >= 0.6 is 11.8 Å². The summed E-state index contributed by atoms with van der Waals surface area (Å²) in [6.07, 6.45) is 2.76. The fourth-order valence-corrected chi connectivity index (χ4v) is 1.86. The molecule has 14 heavy (non-hydrogen) atoms. The van der Waals surface area contributed by atoms with Gasteiger partial charge in [0, 0.05) is 19.5 Å². The number of ether oxygens (including phenoxy) is 1. The zero-order valence-electron chi connectivity index (χ0n) is 8.62. The van der Waals surface area contributed by atoms with Crippen LogP contribution in [0.4, 0.5) is 5.69 Å². The maximum absolute atomic E-state index is 5.67. The van der Waals surface area contributed by atoms with Gasteiger partial charge in [0.1, 0.15) is 0 Å². The Labute approximate surface area is 89.1 Å². The number of rotatable bonds is 5. The third-order valence-electron chi connectivity index (χ3n) is 1.87. The van der Waals surface area contributed by atoms with Crippen molar-refractivity contribution in [3.05, 3.63) is 17.8 Å². The molecule has 0 saturated carbocycles. The average molecular weight is 212 g/mol. The van der Waals surface area contributed by atoms with Gasteiger partial charge in [0.25, 0.3) is 0 Å². The number of hydrogen-bond acceptors (Lipinski definition) is 4. The lowest BCUT2D eigenvalue weighted by Crippen LogP contribution is -1.94. The van der Waals surface area contributed by atoms with E-state index in [1.807, 2.05) is 13.0 Å². The molecule has 3 nitrogen and oxygen atoms in total. The monoisotopic (exact) mass is 212 g/mol. The Hall–Kier alpha value is -0.740. The van der Waals surface area contributed by atoms with Gasteiger partial charge in [-0.15, -0.1) is 11.8 Å². The maximum atomic E-state index is 5.67. The topological polar surface area (TPSA) is 48.1 Å². The summed E-state index contributed by atoms with van der Waals surface area (Å²) in [6, 6.07) is 2.02. The molecule has 0 amide bonds. The number of thioether (sulfide) groups is 1. The SMILES string of the molecule is COCCCSc1cc(C)c(N)cn1. The van der Waals surface area contributed by atoms with Gasteiger partial charge in [-0.05, 0) is 25.0 Å². The summed E-state index contributed by atoms with van der Waals surface area (Å²) in [5, 5.41) is 1.04. The molecule has 0 radical (unpaired) electrons. The van der Waals surface area contributed by atoms with E-state index in [4.69, 9.17) is 10.5 Å². The first-order valence-electron chi connectivity index (χ1n) is 4.58. The van der Waals surface area contributed by atoms with Crippen molar-refractivity contribution in [2.45, 2.75) is 18.4 Å². The van der Waals surface area contributed by atoms with Gasteiger partial charge in [-0.25, -0.2) is 4.98 Å². The van der Waals surface area contributed by atoms with Crippen LogP contribution in [0.2, 0.25) is 0 Å². The molecular weight excluding hydrogens is 196 g/mol. The Morgan fingerprint density at radius 1 is 1.57 bits per heavy atom. The van der Waals surface area contributed by atoms with Crippen molar-refractivity contribution >= 4 is 17.4 Å². The van der Waals surface area contributed by atoms with Crippen LogP contribution in [0.25, 0.3) is 0 Å². The highest BCUT2D eigenvalue weighted by atomic mass is 32.2. The minimum atomic E-state index is 0.756. The highest BCUT2D eigenvalue weighted by Crippen LogP contribution is 2.19. The second-order valence-corrected chi connectivity index (χ2v) is 4.19. The number of pyridine rings is 1. The number of aryl methyl sites for hydroxylation is 1. The van der Waals surface area contributed by atoms with Gasteiger partial charge in [0.05, 0.1) is 16.9 Å². The number of methoxy groups -OCH3 is 1. The first-order valence-corrected chi connectivity index (χ1v) is 5.56. The van der Waals surface area contributed by atoms with Crippen molar-refractivity contribution in [3.63, 3.8) is 0 Å². The first-order chi connectivity index (χ1) is 6.74. The molecule has 4 heteroatoms. The Balaban J connectivity index is 2.39. The van der Waals surface area contributed by atoms with Crippen LogP contribution in [0.3, 0.4) is 0 Å². The third kappa shape index (κ3) is 3.55. The van der Waals surface area contributed by atoms with Gasteiger partial charge in [-0.3, -0.25) is 0 Å². The Bertz CT molecular complexity index is 291. The molecule has 0 aliphatic rings. The highest BCUT2D eigenvalue weighted by Gasteiger charge is 1.98. The second-order valence-electron chi connectivity index (χ2n) is 3.07. The number of nitrogen functional groups attached to an aromatic ring is 1. The van der Waals surface area contributed by atoms with E-state index < -0.39 is 0 Å². The van der Waals surface area contributed by atoms with Crippen LogP contribution in [0, 0.1) is 6.92 Å². The number of aromatic nitrogens is 1. The Kier molecular flexibility index (Phi) is 4.76. The van der Waals surface area contributed by atoms with Gasteiger partial charge >= 0.3 is 0 Å². The van der Waals surface area contributed by atoms with Gasteiger partial charge in [0.15, 0.2) is 0 Å². The molecule has 0 aliphatic carbocycles. The molecule has 1 heterocycles. The molecule has 0 fully saturated rings. The molecule has 2 N–H and O–H groups in total. The molecular formula is C10H16N2OS. The molecule has 0 atom stereocenters. The predicted octanol–water partition coefficient (Wildman–Crippen LogP) is 2.10. The zero-order valence-corrected chi connectivity index (χ0v) is 9.43. The van der Waals surface area contributed by atoms with Gasteiger partial charge in [-0.1, -0.05) is 0 Å². The van der Waals surface area contributed by atoms with E-state index in [1.165, 1.54) is 0 Å². The van der Waals surface area contributed by atoms with E-state index in [2.05, 4.69) is 4.98 Å². The van der Waals surface area contributed by atoms with E-state index in [0.29, 0.717) is 0 Å². The molecule has 0 saturated heterocycles. The summed E-state index contributed by atoms with van der Waals surface area (Å²) in [7, 11) is 1.72. The number of nitrogens with zero attached hydrogens (tertiary/aromatic N) is 1. The van der Waals surface area contributed by atoms with E-state index in [9.17, 15) is 0 Å². The van der Waals surface area contributed by atoms with Crippen LogP contribution in [0.5, 0.6) is 0 Å². The van der Waals surface area contributed by atoms with Crippen molar-refractivity contribution in [2.75, 3.05) is 25.2 Å². The predicted molar refractivity (Wildman–Crippen MR) is 60.6 cm³/mol. The van der Waals surface area contributed by atoms with Crippen molar-refractivity contribution in [1.82, 2.24) is 4.98 Å². The summed E-state index contributed by atoms with van der Waals surface area (Å²) in [5.41, 5.74) is 7.52. The minimum Gasteiger partial charge on any atom is -0.397 e. The smallest absolute Gasteiger partial charge is 0.0964 e. The van der Waals surface area contributed by atoms with E-state index >= 15 is 0 Å². The van der Waals surface area contributed by atoms with Crippen LogP contribution in [-0.2, 0) is 4.74 Å². The molecule has 78 valence electrons. The van der Waals surface area contributed by atoms with E-state index in [1.54, 1.807) is 25.1 Å². The van der Waals surface area contributed by atoms with E-state index in [0.717, 1.165) is 35.1 Å².